The molecule has 2 heterocycles. The van der Waals surface area contributed by atoms with Crippen molar-refractivity contribution in [2.45, 2.75) is 26.4 Å². The SMILES string of the molecule is CC(C)N(C)C(=O)COC(=O)c1ccc(Cn2cccn2)o1. The van der Waals surface area contributed by atoms with Crippen molar-refractivity contribution in [3.63, 3.8) is 0 Å². The van der Waals surface area contributed by atoms with Crippen LogP contribution in [0.1, 0.15) is 30.2 Å². The topological polar surface area (TPSA) is 77.6 Å². The summed E-state index contributed by atoms with van der Waals surface area (Å²) in [6.45, 7) is 3.89. The van der Waals surface area contributed by atoms with Gasteiger partial charge in [0.25, 0.3) is 5.91 Å². The molecular formula is C15H19N3O4. The minimum Gasteiger partial charge on any atom is -0.452 e. The number of rotatable bonds is 6. The summed E-state index contributed by atoms with van der Waals surface area (Å²) in [7, 11) is 1.66. The third kappa shape index (κ3) is 3.97. The van der Waals surface area contributed by atoms with E-state index in [1.807, 2.05) is 13.8 Å². The zero-order chi connectivity index (χ0) is 16.1. The van der Waals surface area contributed by atoms with Crippen LogP contribution in [-0.2, 0) is 16.1 Å². The standard InChI is InChI=1S/C15H19N3O4/c1-11(2)17(3)14(19)10-21-15(20)13-6-5-12(22-13)9-18-8-4-7-16-18/h4-8,11H,9-10H2,1-3H3. The van der Waals surface area contributed by atoms with Crippen molar-refractivity contribution >= 4 is 11.9 Å². The van der Waals surface area contributed by atoms with Crippen LogP contribution in [0.15, 0.2) is 35.0 Å². The number of hydrogen-bond donors (Lipinski definition) is 0. The molecule has 0 bridgehead atoms. The molecule has 0 aliphatic heterocycles. The van der Waals surface area contributed by atoms with E-state index in [0.29, 0.717) is 12.3 Å². The second-order valence-corrected chi connectivity index (χ2v) is 5.14. The minimum absolute atomic E-state index is 0.0514. The van der Waals surface area contributed by atoms with Crippen molar-refractivity contribution < 1.29 is 18.7 Å². The molecule has 118 valence electrons. The lowest BCUT2D eigenvalue weighted by Crippen LogP contribution is -2.36. The Labute approximate surface area is 128 Å². The zero-order valence-electron chi connectivity index (χ0n) is 12.9. The number of furan rings is 1. The molecule has 1 amide bonds. The maximum atomic E-state index is 11.8. The van der Waals surface area contributed by atoms with Gasteiger partial charge in [-0.1, -0.05) is 0 Å². The van der Waals surface area contributed by atoms with Crippen molar-refractivity contribution in [3.8, 4) is 0 Å². The lowest BCUT2D eigenvalue weighted by Gasteiger charge is -2.20. The Morgan fingerprint density at radius 2 is 2.18 bits per heavy atom. The predicted octanol–water partition coefficient (Wildman–Crippen LogP) is 1.55. The molecule has 0 radical (unpaired) electrons. The maximum Gasteiger partial charge on any atom is 0.374 e. The van der Waals surface area contributed by atoms with Gasteiger partial charge in [0, 0.05) is 25.5 Å². The molecule has 0 saturated heterocycles. The van der Waals surface area contributed by atoms with Gasteiger partial charge in [0.05, 0.1) is 6.54 Å². The highest BCUT2D eigenvalue weighted by atomic mass is 16.5. The number of nitrogens with zero attached hydrogens (tertiary/aromatic N) is 3. The van der Waals surface area contributed by atoms with Crippen molar-refractivity contribution in [1.82, 2.24) is 14.7 Å². The summed E-state index contributed by atoms with van der Waals surface area (Å²) < 4.78 is 12.0. The molecule has 0 atom stereocenters. The Morgan fingerprint density at radius 3 is 2.82 bits per heavy atom. The number of hydrogen-bond acceptors (Lipinski definition) is 5. The Hall–Kier alpha value is -2.57. The third-order valence-corrected chi connectivity index (χ3v) is 3.23. The molecular weight excluding hydrogens is 286 g/mol. The zero-order valence-corrected chi connectivity index (χ0v) is 12.9. The Balaban J connectivity index is 1.88. The molecule has 2 rings (SSSR count). The van der Waals surface area contributed by atoms with Crippen LogP contribution in [0.3, 0.4) is 0 Å². The number of likely N-dealkylation sites (N-methyl/N-ethyl adjacent to an activating group) is 1. The van der Waals surface area contributed by atoms with Crippen LogP contribution in [0, 0.1) is 0 Å². The molecule has 0 aliphatic carbocycles. The van der Waals surface area contributed by atoms with Gasteiger partial charge in [0.15, 0.2) is 6.61 Å². The second-order valence-electron chi connectivity index (χ2n) is 5.14. The van der Waals surface area contributed by atoms with E-state index in [1.165, 1.54) is 11.0 Å². The molecule has 7 heteroatoms. The van der Waals surface area contributed by atoms with Gasteiger partial charge < -0.3 is 14.1 Å². The monoisotopic (exact) mass is 305 g/mol. The van der Waals surface area contributed by atoms with Crippen LogP contribution in [0.25, 0.3) is 0 Å². The Kier molecular flexibility index (Phi) is 4.98. The van der Waals surface area contributed by atoms with Crippen molar-refractivity contribution in [3.05, 3.63) is 42.1 Å². The van der Waals surface area contributed by atoms with Crippen molar-refractivity contribution in [2.24, 2.45) is 0 Å². The Morgan fingerprint density at radius 1 is 1.41 bits per heavy atom. The second kappa shape index (κ2) is 6.93. The first-order valence-electron chi connectivity index (χ1n) is 6.96. The van der Waals surface area contributed by atoms with Crippen molar-refractivity contribution in [1.29, 1.82) is 0 Å². The predicted molar refractivity (Wildman–Crippen MR) is 78.2 cm³/mol. The summed E-state index contributed by atoms with van der Waals surface area (Å²) in [6, 6.07) is 5.06. The lowest BCUT2D eigenvalue weighted by atomic mass is 10.3. The quantitative estimate of drug-likeness (QED) is 0.757. The molecule has 0 spiro atoms. The third-order valence-electron chi connectivity index (χ3n) is 3.23. The average Bonchev–Trinajstić information content (AvgIpc) is 3.15. The van der Waals surface area contributed by atoms with Gasteiger partial charge in [-0.05, 0) is 32.0 Å². The fourth-order valence-electron chi connectivity index (χ4n) is 1.71. The van der Waals surface area contributed by atoms with E-state index in [4.69, 9.17) is 9.15 Å². The molecule has 0 fully saturated rings. The molecule has 2 aromatic heterocycles. The van der Waals surface area contributed by atoms with E-state index < -0.39 is 5.97 Å². The van der Waals surface area contributed by atoms with E-state index >= 15 is 0 Å². The molecule has 0 aliphatic rings. The number of ether oxygens (including phenoxy) is 1. The van der Waals surface area contributed by atoms with Gasteiger partial charge in [-0.25, -0.2) is 4.79 Å². The number of amides is 1. The van der Waals surface area contributed by atoms with Crippen LogP contribution in [0.4, 0.5) is 0 Å². The summed E-state index contributed by atoms with van der Waals surface area (Å²) in [6.07, 6.45) is 3.45. The van der Waals surface area contributed by atoms with Crippen LogP contribution in [0.5, 0.6) is 0 Å². The number of carbonyl (C=O) groups is 2. The summed E-state index contributed by atoms with van der Waals surface area (Å²) in [5.41, 5.74) is 0. The summed E-state index contributed by atoms with van der Waals surface area (Å²) in [4.78, 5) is 25.1. The lowest BCUT2D eigenvalue weighted by molar-refractivity contribution is -0.134. The highest BCUT2D eigenvalue weighted by Crippen LogP contribution is 2.11. The van der Waals surface area contributed by atoms with Gasteiger partial charge in [0.1, 0.15) is 5.76 Å². The summed E-state index contributed by atoms with van der Waals surface area (Å²) in [5.74, 6) is -0.257. The highest BCUT2D eigenvalue weighted by molar-refractivity contribution is 5.88. The first-order chi connectivity index (χ1) is 10.5. The van der Waals surface area contributed by atoms with E-state index in [9.17, 15) is 9.59 Å². The normalized spacial score (nSPS) is 10.7. The molecule has 2 aromatic rings. The van der Waals surface area contributed by atoms with E-state index in [0.717, 1.165) is 0 Å². The van der Waals surface area contributed by atoms with Gasteiger partial charge in [-0.15, -0.1) is 0 Å². The fourth-order valence-corrected chi connectivity index (χ4v) is 1.71. The molecule has 22 heavy (non-hydrogen) atoms. The summed E-state index contributed by atoms with van der Waals surface area (Å²) >= 11 is 0. The maximum absolute atomic E-state index is 11.8. The van der Waals surface area contributed by atoms with Crippen LogP contribution in [0.2, 0.25) is 0 Å². The van der Waals surface area contributed by atoms with Gasteiger partial charge in [-0.2, -0.15) is 5.10 Å². The number of aromatic nitrogens is 2. The smallest absolute Gasteiger partial charge is 0.374 e. The molecule has 0 saturated carbocycles. The molecule has 0 aromatic carbocycles. The molecule has 0 unspecified atom stereocenters. The number of esters is 1. The van der Waals surface area contributed by atoms with E-state index in [2.05, 4.69) is 5.10 Å². The van der Waals surface area contributed by atoms with Gasteiger partial charge >= 0.3 is 5.97 Å². The van der Waals surface area contributed by atoms with Crippen molar-refractivity contribution in [2.75, 3.05) is 13.7 Å². The molecule has 7 nitrogen and oxygen atoms in total. The fraction of sp³-hybridized carbons (Fsp3) is 0.400. The molecule has 0 N–H and O–H groups in total. The highest BCUT2D eigenvalue weighted by Gasteiger charge is 2.17. The summed E-state index contributed by atoms with van der Waals surface area (Å²) in [5, 5.41) is 4.05. The van der Waals surface area contributed by atoms with Gasteiger partial charge in [0.2, 0.25) is 5.76 Å². The largest absolute Gasteiger partial charge is 0.452 e. The first-order valence-corrected chi connectivity index (χ1v) is 6.96. The van der Waals surface area contributed by atoms with Crippen LogP contribution < -0.4 is 0 Å². The van der Waals surface area contributed by atoms with E-state index in [-0.39, 0.29) is 24.3 Å². The van der Waals surface area contributed by atoms with Gasteiger partial charge in [-0.3, -0.25) is 9.48 Å². The Bertz CT molecular complexity index is 631. The average molecular weight is 305 g/mol. The van der Waals surface area contributed by atoms with E-state index in [1.54, 1.807) is 36.3 Å². The van der Waals surface area contributed by atoms with Crippen LogP contribution in [-0.4, -0.2) is 46.3 Å². The van der Waals surface area contributed by atoms with Crippen LogP contribution >= 0.6 is 0 Å². The minimum atomic E-state index is -0.655. The first kappa shape index (κ1) is 15.8. The number of carbonyl (C=O) groups excluding carboxylic acids is 2.